The Balaban J connectivity index is 2.53. The van der Waals surface area contributed by atoms with Crippen molar-refractivity contribution in [2.45, 2.75) is 18.6 Å². The lowest BCUT2D eigenvalue weighted by Crippen LogP contribution is -2.45. The largest absolute Gasteiger partial charge is 0.506 e. The maximum atomic E-state index is 13.3. The first kappa shape index (κ1) is 17.3. The van der Waals surface area contributed by atoms with E-state index in [1.54, 1.807) is 6.08 Å². The minimum absolute atomic E-state index is 0.0799. The van der Waals surface area contributed by atoms with E-state index in [9.17, 15) is 18.3 Å². The number of nitrogens with one attached hydrogen (secondary N) is 1. The van der Waals surface area contributed by atoms with Crippen molar-refractivity contribution in [1.29, 1.82) is 0 Å². The number of halogens is 4. The van der Waals surface area contributed by atoms with Gasteiger partial charge in [-0.1, -0.05) is 6.08 Å². The first-order chi connectivity index (χ1) is 10.4. The Labute approximate surface area is 135 Å². The first-order valence-corrected chi connectivity index (χ1v) is 7.79. The van der Waals surface area contributed by atoms with Crippen molar-refractivity contribution in [3.05, 3.63) is 40.4 Å². The summed E-state index contributed by atoms with van der Waals surface area (Å²) in [6.07, 6.45) is -2.58. The van der Waals surface area contributed by atoms with Gasteiger partial charge in [0.2, 0.25) is 0 Å². The zero-order chi connectivity index (χ0) is 16.3. The van der Waals surface area contributed by atoms with Gasteiger partial charge in [-0.3, -0.25) is 4.90 Å². The van der Waals surface area contributed by atoms with Crippen LogP contribution >= 0.6 is 15.9 Å². The van der Waals surface area contributed by atoms with Crippen molar-refractivity contribution in [2.24, 2.45) is 0 Å². The Bertz CT molecular complexity index is 542. The molecule has 1 aliphatic heterocycles. The molecule has 122 valence electrons. The third-order valence-corrected chi connectivity index (χ3v) is 4.43. The summed E-state index contributed by atoms with van der Waals surface area (Å²) in [4.78, 5) is 1.95. The van der Waals surface area contributed by atoms with Crippen LogP contribution in [0, 0.1) is 0 Å². The number of rotatable bonds is 4. The highest BCUT2D eigenvalue weighted by Gasteiger charge is 2.38. The van der Waals surface area contributed by atoms with Gasteiger partial charge in [0.25, 0.3) is 0 Å². The van der Waals surface area contributed by atoms with E-state index in [4.69, 9.17) is 0 Å². The number of aromatic hydroxyl groups is 1. The van der Waals surface area contributed by atoms with Crippen LogP contribution in [0.2, 0.25) is 0 Å². The van der Waals surface area contributed by atoms with E-state index in [-0.39, 0.29) is 15.8 Å². The van der Waals surface area contributed by atoms with Gasteiger partial charge in [0, 0.05) is 37.8 Å². The second kappa shape index (κ2) is 7.02. The molecule has 1 fully saturated rings. The standard InChI is InChI=1S/C15H18BrF3N2O/c1-2-3-12(21-8-6-20-7-9-21)13-10(15(17,18)19)4-5-11(16)14(13)22/h2,4-5,12,20,22H,1,3,6-9H2/t12-/m0/s1. The van der Waals surface area contributed by atoms with Crippen LogP contribution in [0.25, 0.3) is 0 Å². The van der Waals surface area contributed by atoms with Crippen molar-refractivity contribution < 1.29 is 18.3 Å². The highest BCUT2D eigenvalue weighted by Crippen LogP contribution is 2.44. The summed E-state index contributed by atoms with van der Waals surface area (Å²) in [5, 5.41) is 13.4. The van der Waals surface area contributed by atoms with Gasteiger partial charge in [-0.2, -0.15) is 13.2 Å². The van der Waals surface area contributed by atoms with E-state index in [1.807, 2.05) is 4.90 Å². The number of phenols is 1. The number of hydrogen-bond acceptors (Lipinski definition) is 3. The Kier molecular flexibility index (Phi) is 5.52. The second-order valence-electron chi connectivity index (χ2n) is 5.18. The summed E-state index contributed by atoms with van der Waals surface area (Å²) in [6.45, 7) is 6.33. The molecule has 1 saturated heterocycles. The SMILES string of the molecule is C=CC[C@@H](c1c(C(F)(F)F)ccc(Br)c1O)N1CCNCC1. The zero-order valence-corrected chi connectivity index (χ0v) is 13.5. The summed E-state index contributed by atoms with van der Waals surface area (Å²) < 4.78 is 40.3. The zero-order valence-electron chi connectivity index (χ0n) is 12.0. The number of hydrogen-bond donors (Lipinski definition) is 2. The van der Waals surface area contributed by atoms with Crippen LogP contribution in [0.5, 0.6) is 5.75 Å². The predicted octanol–water partition coefficient (Wildman–Crippen LogP) is 3.70. The maximum absolute atomic E-state index is 13.3. The molecule has 1 atom stereocenters. The van der Waals surface area contributed by atoms with Gasteiger partial charge in [0.15, 0.2) is 0 Å². The number of phenolic OH excluding ortho intramolecular Hbond substituents is 1. The molecule has 1 aromatic carbocycles. The number of benzene rings is 1. The van der Waals surface area contributed by atoms with E-state index < -0.39 is 17.8 Å². The molecule has 1 aliphatic rings. The van der Waals surface area contributed by atoms with E-state index in [2.05, 4.69) is 27.8 Å². The van der Waals surface area contributed by atoms with Gasteiger partial charge in [0.05, 0.1) is 10.0 Å². The monoisotopic (exact) mass is 378 g/mol. The van der Waals surface area contributed by atoms with Crippen LogP contribution in [-0.4, -0.2) is 36.2 Å². The number of alkyl halides is 3. The highest BCUT2D eigenvalue weighted by atomic mass is 79.9. The fraction of sp³-hybridized carbons (Fsp3) is 0.467. The van der Waals surface area contributed by atoms with E-state index in [1.165, 1.54) is 6.07 Å². The molecule has 0 aromatic heterocycles. The average molecular weight is 379 g/mol. The van der Waals surface area contributed by atoms with Crippen molar-refractivity contribution in [2.75, 3.05) is 26.2 Å². The third-order valence-electron chi connectivity index (χ3n) is 3.79. The van der Waals surface area contributed by atoms with Gasteiger partial charge in [0.1, 0.15) is 5.75 Å². The summed E-state index contributed by atoms with van der Waals surface area (Å²) in [5.74, 6) is -0.347. The lowest BCUT2D eigenvalue weighted by atomic mass is 9.94. The van der Waals surface area contributed by atoms with Gasteiger partial charge in [-0.05, 0) is 34.5 Å². The Morgan fingerprint density at radius 1 is 1.36 bits per heavy atom. The van der Waals surface area contributed by atoms with Gasteiger partial charge >= 0.3 is 6.18 Å². The van der Waals surface area contributed by atoms with Gasteiger partial charge in [-0.25, -0.2) is 0 Å². The van der Waals surface area contributed by atoms with E-state index in [0.29, 0.717) is 32.6 Å². The van der Waals surface area contributed by atoms with Crippen LogP contribution in [0.1, 0.15) is 23.6 Å². The van der Waals surface area contributed by atoms with Gasteiger partial charge in [-0.15, -0.1) is 6.58 Å². The molecule has 0 unspecified atom stereocenters. The minimum atomic E-state index is -4.51. The molecule has 0 bridgehead atoms. The Morgan fingerprint density at radius 3 is 2.55 bits per heavy atom. The quantitative estimate of drug-likeness (QED) is 0.784. The van der Waals surface area contributed by atoms with Crippen molar-refractivity contribution >= 4 is 15.9 Å². The maximum Gasteiger partial charge on any atom is 0.416 e. The third kappa shape index (κ3) is 3.64. The van der Waals surface area contributed by atoms with Crippen molar-refractivity contribution in [3.63, 3.8) is 0 Å². The molecule has 0 radical (unpaired) electrons. The molecule has 2 rings (SSSR count). The molecule has 1 aromatic rings. The fourth-order valence-electron chi connectivity index (χ4n) is 2.77. The van der Waals surface area contributed by atoms with Crippen LogP contribution in [-0.2, 0) is 6.18 Å². The van der Waals surface area contributed by atoms with Crippen LogP contribution < -0.4 is 5.32 Å². The molecule has 7 heteroatoms. The average Bonchev–Trinajstić information content (AvgIpc) is 2.47. The lowest BCUT2D eigenvalue weighted by Gasteiger charge is -2.36. The molecule has 3 nitrogen and oxygen atoms in total. The lowest BCUT2D eigenvalue weighted by molar-refractivity contribution is -0.139. The van der Waals surface area contributed by atoms with Gasteiger partial charge < -0.3 is 10.4 Å². The smallest absolute Gasteiger partial charge is 0.416 e. The predicted molar refractivity (Wildman–Crippen MR) is 82.8 cm³/mol. The van der Waals surface area contributed by atoms with E-state index in [0.717, 1.165) is 6.07 Å². The van der Waals surface area contributed by atoms with Crippen molar-refractivity contribution in [1.82, 2.24) is 10.2 Å². The highest BCUT2D eigenvalue weighted by molar-refractivity contribution is 9.10. The first-order valence-electron chi connectivity index (χ1n) is 7.00. The Hall–Kier alpha value is -1.05. The molecule has 0 amide bonds. The van der Waals surface area contributed by atoms with Crippen molar-refractivity contribution in [3.8, 4) is 5.75 Å². The minimum Gasteiger partial charge on any atom is -0.506 e. The molecule has 0 saturated carbocycles. The Morgan fingerprint density at radius 2 is 2.00 bits per heavy atom. The fourth-order valence-corrected chi connectivity index (χ4v) is 3.11. The molecule has 0 spiro atoms. The topological polar surface area (TPSA) is 35.5 Å². The molecular formula is C15H18BrF3N2O. The number of piperazine rings is 1. The van der Waals surface area contributed by atoms with Crippen LogP contribution in [0.4, 0.5) is 13.2 Å². The summed E-state index contributed by atoms with van der Waals surface area (Å²) in [7, 11) is 0. The molecule has 2 N–H and O–H groups in total. The van der Waals surface area contributed by atoms with Crippen LogP contribution in [0.15, 0.2) is 29.3 Å². The summed E-state index contributed by atoms with van der Waals surface area (Å²) in [6, 6.07) is 1.69. The molecular weight excluding hydrogens is 361 g/mol. The van der Waals surface area contributed by atoms with E-state index >= 15 is 0 Å². The number of nitrogens with zero attached hydrogens (tertiary/aromatic N) is 1. The van der Waals surface area contributed by atoms with Crippen LogP contribution in [0.3, 0.4) is 0 Å². The summed E-state index contributed by atoms with van der Waals surface area (Å²) >= 11 is 3.12. The normalized spacial score (nSPS) is 18.2. The second-order valence-corrected chi connectivity index (χ2v) is 6.04. The molecule has 22 heavy (non-hydrogen) atoms. The summed E-state index contributed by atoms with van der Waals surface area (Å²) in [5.41, 5.74) is -0.873. The molecule has 1 heterocycles. The molecule has 0 aliphatic carbocycles.